The molecule has 0 spiro atoms. The molecule has 0 N–H and O–H groups in total. The molecular weight excluding hydrogens is 358 g/mol. The van der Waals surface area contributed by atoms with Crippen molar-refractivity contribution in [3.63, 3.8) is 0 Å². The number of fused-ring (bicyclic) bond motifs is 2. The van der Waals surface area contributed by atoms with Crippen LogP contribution in [0.15, 0.2) is 97.1 Å². The maximum absolute atomic E-state index is 12.8. The van der Waals surface area contributed by atoms with E-state index in [1.54, 1.807) is 0 Å². The minimum absolute atomic E-state index is 0.0272. The Morgan fingerprint density at radius 1 is 0.655 bits per heavy atom. The van der Waals surface area contributed by atoms with Crippen LogP contribution in [-0.2, 0) is 0 Å². The quantitative estimate of drug-likeness (QED) is 0.324. The molecule has 1 aliphatic rings. The monoisotopic (exact) mass is 377 g/mol. The van der Waals surface area contributed by atoms with E-state index in [0.29, 0.717) is 11.1 Å². The molecule has 1 heterocycles. The molecule has 0 aromatic heterocycles. The van der Waals surface area contributed by atoms with E-state index in [9.17, 15) is 4.79 Å². The summed E-state index contributed by atoms with van der Waals surface area (Å²) in [6.07, 6.45) is 0. The number of rotatable bonds is 3. The second-order valence-corrected chi connectivity index (χ2v) is 7.11. The van der Waals surface area contributed by atoms with Gasteiger partial charge in [0.15, 0.2) is 17.3 Å². The van der Waals surface area contributed by atoms with Crippen LogP contribution in [0.5, 0.6) is 11.5 Å². The predicted octanol–water partition coefficient (Wildman–Crippen LogP) is 6.80. The van der Waals surface area contributed by atoms with E-state index in [0.717, 1.165) is 34.1 Å². The summed E-state index contributed by atoms with van der Waals surface area (Å²) in [6, 6.07) is 31.4. The fourth-order valence-electron chi connectivity index (χ4n) is 3.62. The topological polar surface area (TPSA) is 29.5 Å². The van der Waals surface area contributed by atoms with Gasteiger partial charge in [-0.2, -0.15) is 0 Å². The fourth-order valence-corrected chi connectivity index (χ4v) is 3.62. The number of anilines is 3. The zero-order valence-electron chi connectivity index (χ0n) is 16.0. The van der Waals surface area contributed by atoms with Gasteiger partial charge in [0.1, 0.15) is 0 Å². The third-order valence-corrected chi connectivity index (χ3v) is 5.13. The second kappa shape index (κ2) is 6.95. The highest BCUT2D eigenvalue weighted by molar-refractivity contribution is 6.09. The molecule has 3 nitrogen and oxygen atoms in total. The lowest BCUT2D eigenvalue weighted by Gasteiger charge is -2.32. The van der Waals surface area contributed by atoms with Crippen LogP contribution in [0.2, 0.25) is 0 Å². The average Bonchev–Trinajstić information content (AvgIpc) is 2.77. The van der Waals surface area contributed by atoms with Gasteiger partial charge in [0, 0.05) is 16.8 Å². The number of carbonyl (C=O) groups excluding carboxylic acids is 1. The minimum atomic E-state index is 0.0272. The molecule has 4 aromatic rings. The summed E-state index contributed by atoms with van der Waals surface area (Å²) >= 11 is 0. The van der Waals surface area contributed by atoms with Crippen LogP contribution in [0.4, 0.5) is 17.1 Å². The smallest absolute Gasteiger partial charge is 0.193 e. The molecule has 0 saturated heterocycles. The first-order valence-corrected chi connectivity index (χ1v) is 9.58. The van der Waals surface area contributed by atoms with Crippen LogP contribution in [0.3, 0.4) is 0 Å². The highest BCUT2D eigenvalue weighted by Gasteiger charge is 2.25. The van der Waals surface area contributed by atoms with E-state index < -0.39 is 0 Å². The van der Waals surface area contributed by atoms with Crippen molar-refractivity contribution in [2.75, 3.05) is 4.90 Å². The van der Waals surface area contributed by atoms with Crippen molar-refractivity contribution in [2.45, 2.75) is 6.92 Å². The first-order valence-electron chi connectivity index (χ1n) is 9.58. The molecule has 0 saturated carbocycles. The molecule has 3 heteroatoms. The molecule has 0 aliphatic carbocycles. The van der Waals surface area contributed by atoms with Gasteiger partial charge in [-0.05, 0) is 55.5 Å². The second-order valence-electron chi connectivity index (χ2n) is 7.11. The number of aryl methyl sites for hydroxylation is 1. The summed E-state index contributed by atoms with van der Waals surface area (Å²) in [6.45, 7) is 2.01. The molecule has 0 atom stereocenters. The van der Waals surface area contributed by atoms with Crippen LogP contribution in [-0.4, -0.2) is 5.78 Å². The lowest BCUT2D eigenvalue weighted by atomic mass is 10.0. The van der Waals surface area contributed by atoms with Crippen LogP contribution < -0.4 is 9.64 Å². The van der Waals surface area contributed by atoms with Gasteiger partial charge in [0.05, 0.1) is 11.4 Å². The van der Waals surface area contributed by atoms with Gasteiger partial charge in [0.2, 0.25) is 0 Å². The Bertz CT molecular complexity index is 1150. The van der Waals surface area contributed by atoms with Crippen molar-refractivity contribution in [2.24, 2.45) is 0 Å². The van der Waals surface area contributed by atoms with Crippen molar-refractivity contribution in [1.82, 2.24) is 0 Å². The third-order valence-electron chi connectivity index (χ3n) is 5.13. The number of hydrogen-bond acceptors (Lipinski definition) is 3. The van der Waals surface area contributed by atoms with Crippen LogP contribution >= 0.6 is 0 Å². The molecule has 0 bridgehead atoms. The number of nitrogens with zero attached hydrogens (tertiary/aromatic N) is 1. The van der Waals surface area contributed by atoms with E-state index in [1.165, 1.54) is 0 Å². The standard InChI is InChI=1S/C26H19NO2/c1-18-10-12-19(13-11-18)26(28)20-14-16-21(17-15-20)27-22-6-2-4-8-24(22)29-25-9-5-3-7-23(25)27/h2-17H,1H3. The molecule has 4 aromatic carbocycles. The van der Waals surface area contributed by atoms with E-state index in [1.807, 2.05) is 104 Å². The molecule has 29 heavy (non-hydrogen) atoms. The van der Waals surface area contributed by atoms with Gasteiger partial charge in [-0.25, -0.2) is 0 Å². The Hall–Kier alpha value is -3.85. The van der Waals surface area contributed by atoms with Crippen molar-refractivity contribution in [3.05, 3.63) is 114 Å². The molecule has 1 aliphatic heterocycles. The van der Waals surface area contributed by atoms with Gasteiger partial charge < -0.3 is 9.64 Å². The number of benzene rings is 4. The summed E-state index contributed by atoms with van der Waals surface area (Å²) in [4.78, 5) is 15.0. The average molecular weight is 377 g/mol. The van der Waals surface area contributed by atoms with Crippen molar-refractivity contribution >= 4 is 22.8 Å². The first kappa shape index (κ1) is 17.3. The Morgan fingerprint density at radius 2 is 1.14 bits per heavy atom. The molecule has 0 fully saturated rings. The van der Waals surface area contributed by atoms with Crippen LogP contribution in [0.1, 0.15) is 21.5 Å². The molecule has 5 rings (SSSR count). The molecule has 0 radical (unpaired) electrons. The van der Waals surface area contributed by atoms with Gasteiger partial charge in [-0.1, -0.05) is 54.1 Å². The zero-order valence-corrected chi connectivity index (χ0v) is 16.0. The number of ether oxygens (including phenoxy) is 1. The van der Waals surface area contributed by atoms with E-state index in [4.69, 9.17) is 4.74 Å². The maximum atomic E-state index is 12.8. The zero-order chi connectivity index (χ0) is 19.8. The minimum Gasteiger partial charge on any atom is -0.453 e. The van der Waals surface area contributed by atoms with E-state index >= 15 is 0 Å². The summed E-state index contributed by atoms with van der Waals surface area (Å²) in [7, 11) is 0. The maximum Gasteiger partial charge on any atom is 0.193 e. The number of ketones is 1. The fraction of sp³-hybridized carbons (Fsp3) is 0.0385. The van der Waals surface area contributed by atoms with Crippen LogP contribution in [0, 0.1) is 6.92 Å². The Labute approximate surface area is 169 Å². The Kier molecular flexibility index (Phi) is 4.14. The van der Waals surface area contributed by atoms with Gasteiger partial charge in [-0.3, -0.25) is 4.79 Å². The Morgan fingerprint density at radius 3 is 1.69 bits per heavy atom. The summed E-state index contributed by atoms with van der Waals surface area (Å²) in [5, 5.41) is 0. The summed E-state index contributed by atoms with van der Waals surface area (Å²) < 4.78 is 6.06. The van der Waals surface area contributed by atoms with Crippen LogP contribution in [0.25, 0.3) is 0 Å². The lowest BCUT2D eigenvalue weighted by molar-refractivity contribution is 0.103. The van der Waals surface area contributed by atoms with Crippen molar-refractivity contribution in [3.8, 4) is 11.5 Å². The predicted molar refractivity (Wildman–Crippen MR) is 116 cm³/mol. The number of carbonyl (C=O) groups is 1. The first-order chi connectivity index (χ1) is 14.2. The van der Waals surface area contributed by atoms with Crippen molar-refractivity contribution in [1.29, 1.82) is 0 Å². The lowest BCUT2D eigenvalue weighted by Crippen LogP contribution is -2.15. The van der Waals surface area contributed by atoms with Gasteiger partial charge in [-0.15, -0.1) is 0 Å². The molecule has 0 unspecified atom stereocenters. The normalized spacial score (nSPS) is 12.0. The number of hydrogen-bond donors (Lipinski definition) is 0. The Balaban J connectivity index is 1.54. The highest BCUT2D eigenvalue weighted by Crippen LogP contribution is 2.49. The van der Waals surface area contributed by atoms with E-state index in [-0.39, 0.29) is 5.78 Å². The van der Waals surface area contributed by atoms with Gasteiger partial charge >= 0.3 is 0 Å². The molecule has 0 amide bonds. The highest BCUT2D eigenvalue weighted by atomic mass is 16.5. The van der Waals surface area contributed by atoms with Gasteiger partial charge in [0.25, 0.3) is 0 Å². The molecular formula is C26H19NO2. The number of para-hydroxylation sites is 4. The largest absolute Gasteiger partial charge is 0.453 e. The van der Waals surface area contributed by atoms with E-state index in [2.05, 4.69) is 4.90 Å². The SMILES string of the molecule is Cc1ccc(C(=O)c2ccc(N3c4ccccc4Oc4ccccc43)cc2)cc1. The third kappa shape index (κ3) is 3.07. The molecule has 140 valence electrons. The summed E-state index contributed by atoms with van der Waals surface area (Å²) in [5.74, 6) is 1.65. The summed E-state index contributed by atoms with van der Waals surface area (Å²) in [5.41, 5.74) is 5.45. The van der Waals surface area contributed by atoms with Crippen molar-refractivity contribution < 1.29 is 9.53 Å².